The minimum absolute atomic E-state index is 0.216. The molecule has 0 atom stereocenters. The molecule has 0 spiro atoms. The Labute approximate surface area is 266 Å². The van der Waals surface area contributed by atoms with Gasteiger partial charge in [-0.3, -0.25) is 10.8 Å². The second-order valence-electron chi connectivity index (χ2n) is 11.2. The first-order chi connectivity index (χ1) is 22.6. The molecule has 2 N–H and O–H groups in total. The highest BCUT2D eigenvalue weighted by atomic mass is 15.0. The van der Waals surface area contributed by atoms with E-state index in [0.717, 1.165) is 60.8 Å². The van der Waals surface area contributed by atoms with Crippen LogP contribution in [0.5, 0.6) is 0 Å². The zero-order valence-electron chi connectivity index (χ0n) is 24.8. The predicted octanol–water partition coefficient (Wildman–Crippen LogP) is 9.77. The molecule has 0 radical (unpaired) electrons. The third-order valence-corrected chi connectivity index (χ3v) is 8.40. The van der Waals surface area contributed by atoms with Gasteiger partial charge in [-0.15, -0.1) is 0 Å². The Morgan fingerprint density at radius 2 is 0.935 bits per heavy atom. The molecule has 0 saturated carbocycles. The molecule has 5 nitrogen and oxygen atoms in total. The molecule has 0 aliphatic heterocycles. The van der Waals surface area contributed by atoms with Gasteiger partial charge in [-0.05, 0) is 50.7 Å². The zero-order chi connectivity index (χ0) is 31.0. The van der Waals surface area contributed by atoms with Gasteiger partial charge in [0.25, 0.3) is 0 Å². The van der Waals surface area contributed by atoms with Gasteiger partial charge in [0.1, 0.15) is 0 Å². The number of hydrogen-bond acceptors (Lipinski definition) is 5. The number of benzene rings is 6. The maximum Gasteiger partial charge on any atom is 0.164 e. The summed E-state index contributed by atoms with van der Waals surface area (Å²) < 4.78 is 0. The molecule has 1 aliphatic carbocycles. The third-order valence-electron chi connectivity index (χ3n) is 8.40. The number of nitrogens with zero attached hydrogens (tertiary/aromatic N) is 3. The topological polar surface area (TPSA) is 86.4 Å². The lowest BCUT2D eigenvalue weighted by Gasteiger charge is -2.17. The number of aromatic nitrogens is 3. The first kappa shape index (κ1) is 27.2. The van der Waals surface area contributed by atoms with Crippen molar-refractivity contribution in [2.24, 2.45) is 0 Å². The van der Waals surface area contributed by atoms with Crippen LogP contribution in [0.1, 0.15) is 11.1 Å². The van der Waals surface area contributed by atoms with Crippen molar-refractivity contribution in [3.8, 4) is 56.4 Å². The van der Waals surface area contributed by atoms with Gasteiger partial charge in [0.15, 0.2) is 17.5 Å². The zero-order valence-corrected chi connectivity index (χ0v) is 24.8. The standard InChI is InChI=1S/C41H27N5/c42-36-24-23-28-21-19-27-20-22-30(25-35(27)37(28)38(36)43)32-16-8-10-18-34(32)41-45-39(29-13-5-2-6-14-29)44-40(46-41)33-17-9-7-15-31(33)26-11-3-1-4-12-26/h1-25,42-43H. The Morgan fingerprint density at radius 3 is 1.59 bits per heavy atom. The molecule has 0 unspecified atom stereocenters. The SMILES string of the molecule is N=C1C=Cc2ccc3ccc(-c4ccccc4-c4nc(-c5ccccc5)nc(-c5ccccc5-c5ccccc5)n4)cc3c2C1=N. The lowest BCUT2D eigenvalue weighted by Crippen LogP contribution is -2.16. The number of nitrogens with one attached hydrogen (secondary N) is 2. The minimum Gasteiger partial charge on any atom is -0.299 e. The van der Waals surface area contributed by atoms with Crippen LogP contribution in [0, 0.1) is 10.8 Å². The summed E-state index contributed by atoms with van der Waals surface area (Å²) in [6.45, 7) is 0. The molecular formula is C41H27N5. The highest BCUT2D eigenvalue weighted by molar-refractivity contribution is 6.53. The molecule has 1 heterocycles. The fourth-order valence-electron chi connectivity index (χ4n) is 6.12. The summed E-state index contributed by atoms with van der Waals surface area (Å²) in [5.41, 5.74) is 9.01. The number of fused-ring (bicyclic) bond motifs is 3. The summed E-state index contributed by atoms with van der Waals surface area (Å²) in [5.74, 6) is 1.78. The van der Waals surface area contributed by atoms with E-state index in [2.05, 4.69) is 60.7 Å². The van der Waals surface area contributed by atoms with Gasteiger partial charge in [-0.2, -0.15) is 0 Å². The molecule has 1 aromatic heterocycles. The van der Waals surface area contributed by atoms with Crippen LogP contribution in [0.2, 0.25) is 0 Å². The Balaban J connectivity index is 1.34. The molecule has 7 aromatic rings. The molecule has 216 valence electrons. The Bertz CT molecular complexity index is 2340. The van der Waals surface area contributed by atoms with Crippen LogP contribution in [0.4, 0.5) is 0 Å². The van der Waals surface area contributed by atoms with Crippen molar-refractivity contribution in [3.05, 3.63) is 157 Å². The molecule has 8 rings (SSSR count). The number of hydrogen-bond donors (Lipinski definition) is 2. The summed E-state index contributed by atoms with van der Waals surface area (Å²) in [6, 6.07) is 47.1. The second kappa shape index (κ2) is 11.3. The van der Waals surface area contributed by atoms with E-state index in [9.17, 15) is 0 Å². The van der Waals surface area contributed by atoms with Gasteiger partial charge in [0.2, 0.25) is 0 Å². The van der Waals surface area contributed by atoms with Gasteiger partial charge in [0, 0.05) is 22.3 Å². The van der Waals surface area contributed by atoms with Crippen LogP contribution >= 0.6 is 0 Å². The summed E-state index contributed by atoms with van der Waals surface area (Å²) in [7, 11) is 0. The quantitative estimate of drug-likeness (QED) is 0.210. The molecule has 0 bridgehead atoms. The van der Waals surface area contributed by atoms with E-state index in [1.807, 2.05) is 84.9 Å². The molecule has 0 saturated heterocycles. The van der Waals surface area contributed by atoms with Crippen LogP contribution in [-0.4, -0.2) is 26.4 Å². The Kier molecular flexibility index (Phi) is 6.69. The van der Waals surface area contributed by atoms with Crippen LogP contribution in [0.3, 0.4) is 0 Å². The summed E-state index contributed by atoms with van der Waals surface area (Å²) in [5, 5.41) is 19.0. The van der Waals surface area contributed by atoms with Gasteiger partial charge in [-0.1, -0.05) is 140 Å². The second-order valence-corrected chi connectivity index (χ2v) is 11.2. The monoisotopic (exact) mass is 589 g/mol. The van der Waals surface area contributed by atoms with Gasteiger partial charge in [-0.25, -0.2) is 15.0 Å². The van der Waals surface area contributed by atoms with Crippen molar-refractivity contribution in [2.75, 3.05) is 0 Å². The van der Waals surface area contributed by atoms with E-state index in [4.69, 9.17) is 25.8 Å². The molecular weight excluding hydrogens is 562 g/mol. The number of rotatable bonds is 5. The minimum atomic E-state index is 0.216. The maximum absolute atomic E-state index is 8.70. The predicted molar refractivity (Wildman–Crippen MR) is 188 cm³/mol. The van der Waals surface area contributed by atoms with Gasteiger partial charge >= 0.3 is 0 Å². The van der Waals surface area contributed by atoms with Crippen LogP contribution in [0.25, 0.3) is 73.3 Å². The molecule has 1 aliphatic rings. The fourth-order valence-corrected chi connectivity index (χ4v) is 6.12. The molecule has 46 heavy (non-hydrogen) atoms. The smallest absolute Gasteiger partial charge is 0.164 e. The number of allylic oxidation sites excluding steroid dienone is 1. The van der Waals surface area contributed by atoms with E-state index >= 15 is 0 Å². The van der Waals surface area contributed by atoms with Crippen molar-refractivity contribution < 1.29 is 0 Å². The average molecular weight is 590 g/mol. The van der Waals surface area contributed by atoms with Crippen molar-refractivity contribution in [1.82, 2.24) is 15.0 Å². The highest BCUT2D eigenvalue weighted by Gasteiger charge is 2.20. The summed E-state index contributed by atoms with van der Waals surface area (Å²) >= 11 is 0. The Hall–Kier alpha value is -6.33. The van der Waals surface area contributed by atoms with Crippen molar-refractivity contribution in [1.29, 1.82) is 10.8 Å². The van der Waals surface area contributed by atoms with Crippen LogP contribution in [0.15, 0.2) is 146 Å². The van der Waals surface area contributed by atoms with E-state index in [0.29, 0.717) is 17.5 Å². The lowest BCUT2D eigenvalue weighted by molar-refractivity contribution is 1.07. The molecule has 5 heteroatoms. The molecule has 0 fully saturated rings. The first-order valence-corrected chi connectivity index (χ1v) is 15.1. The largest absolute Gasteiger partial charge is 0.299 e. The fraction of sp³-hybridized carbons (Fsp3) is 0. The van der Waals surface area contributed by atoms with Crippen molar-refractivity contribution in [2.45, 2.75) is 0 Å². The maximum atomic E-state index is 8.70. The lowest BCUT2D eigenvalue weighted by atomic mass is 9.87. The third kappa shape index (κ3) is 4.81. The van der Waals surface area contributed by atoms with Crippen LogP contribution in [-0.2, 0) is 0 Å². The van der Waals surface area contributed by atoms with Crippen molar-refractivity contribution in [3.63, 3.8) is 0 Å². The average Bonchev–Trinajstić information content (AvgIpc) is 3.13. The van der Waals surface area contributed by atoms with Gasteiger partial charge in [0.05, 0.1) is 11.4 Å². The Morgan fingerprint density at radius 1 is 0.413 bits per heavy atom. The molecule has 0 amide bonds. The summed E-state index contributed by atoms with van der Waals surface area (Å²) in [4.78, 5) is 15.2. The first-order valence-electron chi connectivity index (χ1n) is 15.1. The van der Waals surface area contributed by atoms with E-state index < -0.39 is 0 Å². The molecule has 6 aromatic carbocycles. The van der Waals surface area contributed by atoms with E-state index in [1.165, 1.54) is 0 Å². The van der Waals surface area contributed by atoms with Crippen LogP contribution < -0.4 is 0 Å². The van der Waals surface area contributed by atoms with E-state index in [1.54, 1.807) is 6.08 Å². The van der Waals surface area contributed by atoms with Gasteiger partial charge < -0.3 is 0 Å². The highest BCUT2D eigenvalue weighted by Crippen LogP contribution is 2.37. The van der Waals surface area contributed by atoms with Crippen molar-refractivity contribution >= 4 is 28.3 Å². The summed E-state index contributed by atoms with van der Waals surface area (Å²) in [6.07, 6.45) is 3.61. The normalized spacial score (nSPS) is 12.3. The van der Waals surface area contributed by atoms with E-state index in [-0.39, 0.29) is 11.4 Å².